The monoisotopic (exact) mass is 272 g/mol. The lowest BCUT2D eigenvalue weighted by Crippen LogP contribution is -2.11. The van der Waals surface area contributed by atoms with Crippen LogP contribution in [0.2, 0.25) is 0 Å². The molecule has 0 heterocycles. The molecule has 2 nitrogen and oxygen atoms in total. The van der Waals surface area contributed by atoms with E-state index in [1.54, 1.807) is 0 Å². The quantitative estimate of drug-likeness (QED) is 0.584. The number of ether oxygens (including phenoxy) is 2. The minimum Gasteiger partial charge on any atom is -0.491 e. The fourth-order valence-corrected chi connectivity index (χ4v) is 1.65. The summed E-state index contributed by atoms with van der Waals surface area (Å²) in [6.45, 7) is 5.27. The highest BCUT2D eigenvalue weighted by molar-refractivity contribution is 9.08. The molecule has 0 spiro atoms. The first-order valence-electron chi connectivity index (χ1n) is 5.12. The molecule has 0 radical (unpaired) electrons. The second kappa shape index (κ2) is 6.85. The lowest BCUT2D eigenvalue weighted by Gasteiger charge is -2.11. The normalized spacial score (nSPS) is 10.7. The van der Waals surface area contributed by atoms with Gasteiger partial charge in [0.25, 0.3) is 0 Å². The van der Waals surface area contributed by atoms with Crippen LogP contribution in [0.15, 0.2) is 24.3 Å². The van der Waals surface area contributed by atoms with Crippen molar-refractivity contribution in [1.82, 2.24) is 0 Å². The Balaban J connectivity index is 2.36. The minimum atomic E-state index is 0.264. The van der Waals surface area contributed by atoms with Gasteiger partial charge in [-0.05, 0) is 19.9 Å². The van der Waals surface area contributed by atoms with Crippen molar-refractivity contribution in [2.75, 3.05) is 13.2 Å². The second-order valence-electron chi connectivity index (χ2n) is 3.51. The van der Waals surface area contributed by atoms with E-state index >= 15 is 0 Å². The highest BCUT2D eigenvalue weighted by Crippen LogP contribution is 2.20. The van der Waals surface area contributed by atoms with Gasteiger partial charge < -0.3 is 9.47 Å². The molecule has 0 aliphatic rings. The SMILES string of the molecule is CC(C)OCCOc1ccccc1CBr. The zero-order chi connectivity index (χ0) is 11.1. The summed E-state index contributed by atoms with van der Waals surface area (Å²) in [7, 11) is 0. The number of rotatable bonds is 6. The summed E-state index contributed by atoms with van der Waals surface area (Å²) in [6, 6.07) is 8.01. The van der Waals surface area contributed by atoms with Gasteiger partial charge in [-0.25, -0.2) is 0 Å². The van der Waals surface area contributed by atoms with E-state index in [2.05, 4.69) is 15.9 Å². The van der Waals surface area contributed by atoms with Gasteiger partial charge in [0.1, 0.15) is 12.4 Å². The van der Waals surface area contributed by atoms with E-state index in [4.69, 9.17) is 9.47 Å². The van der Waals surface area contributed by atoms with Crippen LogP contribution in [0.1, 0.15) is 19.4 Å². The van der Waals surface area contributed by atoms with Crippen LogP contribution in [-0.2, 0) is 10.1 Å². The third kappa shape index (κ3) is 4.67. The summed E-state index contributed by atoms with van der Waals surface area (Å²) in [5, 5.41) is 0.814. The molecule has 84 valence electrons. The first-order chi connectivity index (χ1) is 7.24. The molecule has 1 aromatic carbocycles. The van der Waals surface area contributed by atoms with Gasteiger partial charge in [0, 0.05) is 10.9 Å². The van der Waals surface area contributed by atoms with E-state index in [0.717, 1.165) is 11.1 Å². The maximum Gasteiger partial charge on any atom is 0.123 e. The Kier molecular flexibility index (Phi) is 5.73. The van der Waals surface area contributed by atoms with Crippen LogP contribution in [-0.4, -0.2) is 19.3 Å². The van der Waals surface area contributed by atoms with Gasteiger partial charge in [-0.2, -0.15) is 0 Å². The Hall–Kier alpha value is -0.540. The molecule has 0 N–H and O–H groups in total. The van der Waals surface area contributed by atoms with E-state index in [1.165, 1.54) is 5.56 Å². The molecule has 1 aromatic rings. The number of halogens is 1. The average Bonchev–Trinajstić information content (AvgIpc) is 2.24. The maximum atomic E-state index is 5.62. The van der Waals surface area contributed by atoms with Crippen LogP contribution >= 0.6 is 15.9 Å². The van der Waals surface area contributed by atoms with Gasteiger partial charge in [-0.15, -0.1) is 0 Å². The Morgan fingerprint density at radius 2 is 1.93 bits per heavy atom. The van der Waals surface area contributed by atoms with E-state index < -0.39 is 0 Å². The van der Waals surface area contributed by atoms with E-state index in [0.29, 0.717) is 13.2 Å². The minimum absolute atomic E-state index is 0.264. The van der Waals surface area contributed by atoms with Crippen molar-refractivity contribution in [2.24, 2.45) is 0 Å². The summed E-state index contributed by atoms with van der Waals surface area (Å²) in [5.74, 6) is 0.932. The number of alkyl halides is 1. The number of benzene rings is 1. The van der Waals surface area contributed by atoms with Crippen LogP contribution in [0.5, 0.6) is 5.75 Å². The summed E-state index contributed by atoms with van der Waals surface area (Å²) < 4.78 is 11.0. The molecule has 0 unspecified atom stereocenters. The van der Waals surface area contributed by atoms with E-state index in [1.807, 2.05) is 38.1 Å². The summed E-state index contributed by atoms with van der Waals surface area (Å²) in [4.78, 5) is 0. The fourth-order valence-electron chi connectivity index (χ4n) is 1.19. The molecule has 0 amide bonds. The molecule has 3 heteroatoms. The second-order valence-corrected chi connectivity index (χ2v) is 4.07. The van der Waals surface area contributed by atoms with Crippen molar-refractivity contribution >= 4 is 15.9 Å². The lowest BCUT2D eigenvalue weighted by atomic mass is 10.2. The first-order valence-corrected chi connectivity index (χ1v) is 6.24. The van der Waals surface area contributed by atoms with Gasteiger partial charge in [0.05, 0.1) is 12.7 Å². The average molecular weight is 273 g/mol. The van der Waals surface area contributed by atoms with Crippen LogP contribution < -0.4 is 4.74 Å². The van der Waals surface area contributed by atoms with Crippen LogP contribution in [0.4, 0.5) is 0 Å². The molecule has 1 rings (SSSR count). The van der Waals surface area contributed by atoms with Crippen molar-refractivity contribution in [3.63, 3.8) is 0 Å². The first kappa shape index (κ1) is 12.5. The highest BCUT2D eigenvalue weighted by atomic mass is 79.9. The van der Waals surface area contributed by atoms with Crippen molar-refractivity contribution in [1.29, 1.82) is 0 Å². The third-order valence-corrected chi connectivity index (χ3v) is 2.51. The number of hydrogen-bond donors (Lipinski definition) is 0. The van der Waals surface area contributed by atoms with Gasteiger partial charge in [-0.3, -0.25) is 0 Å². The summed E-state index contributed by atoms with van der Waals surface area (Å²) in [5.41, 5.74) is 1.17. The van der Waals surface area contributed by atoms with Crippen LogP contribution in [0.3, 0.4) is 0 Å². The van der Waals surface area contributed by atoms with Gasteiger partial charge in [0.2, 0.25) is 0 Å². The number of para-hydroxylation sites is 1. The van der Waals surface area contributed by atoms with Crippen LogP contribution in [0.25, 0.3) is 0 Å². The molecule has 0 bridgehead atoms. The Labute approximate surface area is 99.7 Å². The summed E-state index contributed by atoms with van der Waals surface area (Å²) in [6.07, 6.45) is 0.264. The van der Waals surface area contributed by atoms with Crippen LogP contribution in [0, 0.1) is 0 Å². The van der Waals surface area contributed by atoms with Gasteiger partial charge in [0.15, 0.2) is 0 Å². The van der Waals surface area contributed by atoms with Crippen molar-refractivity contribution < 1.29 is 9.47 Å². The van der Waals surface area contributed by atoms with E-state index in [-0.39, 0.29) is 6.10 Å². The van der Waals surface area contributed by atoms with Crippen molar-refractivity contribution in [3.05, 3.63) is 29.8 Å². The maximum absolute atomic E-state index is 5.62. The third-order valence-electron chi connectivity index (χ3n) is 1.91. The van der Waals surface area contributed by atoms with Crippen molar-refractivity contribution in [3.8, 4) is 5.75 Å². The number of hydrogen-bond acceptors (Lipinski definition) is 2. The highest BCUT2D eigenvalue weighted by Gasteiger charge is 2.01. The fraction of sp³-hybridized carbons (Fsp3) is 0.500. The zero-order valence-corrected chi connectivity index (χ0v) is 10.8. The molecule has 0 aliphatic heterocycles. The van der Waals surface area contributed by atoms with Crippen molar-refractivity contribution in [2.45, 2.75) is 25.3 Å². The molecule has 0 aromatic heterocycles. The largest absolute Gasteiger partial charge is 0.491 e. The topological polar surface area (TPSA) is 18.5 Å². The Bertz CT molecular complexity index is 287. The van der Waals surface area contributed by atoms with Gasteiger partial charge in [-0.1, -0.05) is 34.1 Å². The molecular weight excluding hydrogens is 256 g/mol. The molecule has 0 fully saturated rings. The predicted molar refractivity (Wildman–Crippen MR) is 65.7 cm³/mol. The molecule has 0 saturated carbocycles. The lowest BCUT2D eigenvalue weighted by molar-refractivity contribution is 0.0551. The van der Waals surface area contributed by atoms with Gasteiger partial charge >= 0.3 is 0 Å². The molecule has 0 aliphatic carbocycles. The smallest absolute Gasteiger partial charge is 0.123 e. The molecule has 15 heavy (non-hydrogen) atoms. The molecular formula is C12H17BrO2. The van der Waals surface area contributed by atoms with E-state index in [9.17, 15) is 0 Å². The Morgan fingerprint density at radius 3 is 2.60 bits per heavy atom. The Morgan fingerprint density at radius 1 is 1.20 bits per heavy atom. The molecule has 0 saturated heterocycles. The zero-order valence-electron chi connectivity index (χ0n) is 9.20. The standard InChI is InChI=1S/C12H17BrO2/c1-10(2)14-7-8-15-12-6-4-3-5-11(12)9-13/h3-6,10H,7-9H2,1-2H3. The summed E-state index contributed by atoms with van der Waals surface area (Å²) >= 11 is 3.43. The molecule has 0 atom stereocenters. The predicted octanol–water partition coefficient (Wildman–Crippen LogP) is 3.39.